The maximum atomic E-state index is 6.01. The summed E-state index contributed by atoms with van der Waals surface area (Å²) in [5, 5.41) is 3.78. The predicted octanol–water partition coefficient (Wildman–Crippen LogP) is 4.32. The van der Waals surface area contributed by atoms with Crippen molar-refractivity contribution in [2.45, 2.75) is 44.4 Å². The molecule has 2 atom stereocenters. The van der Waals surface area contributed by atoms with Gasteiger partial charge in [-0.3, -0.25) is 0 Å². The van der Waals surface area contributed by atoms with E-state index in [0.29, 0.717) is 12.1 Å². The second kappa shape index (κ2) is 5.19. The van der Waals surface area contributed by atoms with Gasteiger partial charge in [-0.1, -0.05) is 36.4 Å². The average molecular weight is 279 g/mol. The van der Waals surface area contributed by atoms with Crippen molar-refractivity contribution < 1.29 is 4.74 Å². The first kappa shape index (κ1) is 12.9. The van der Waals surface area contributed by atoms with Gasteiger partial charge in [-0.2, -0.15) is 0 Å². The summed E-state index contributed by atoms with van der Waals surface area (Å²) in [7, 11) is 0. The molecule has 2 aromatic carbocycles. The van der Waals surface area contributed by atoms with E-state index < -0.39 is 0 Å². The van der Waals surface area contributed by atoms with Crippen LogP contribution in [0.1, 0.15) is 37.8 Å². The molecule has 2 heteroatoms. The fourth-order valence-electron chi connectivity index (χ4n) is 3.15. The minimum Gasteiger partial charge on any atom is -0.490 e. The fraction of sp³-hybridized carbons (Fsp3) is 0.368. The summed E-state index contributed by atoms with van der Waals surface area (Å²) < 4.78 is 6.01. The molecule has 2 nitrogen and oxygen atoms in total. The van der Waals surface area contributed by atoms with Crippen molar-refractivity contribution in [2.75, 3.05) is 0 Å². The van der Waals surface area contributed by atoms with Crippen LogP contribution in [0.4, 0.5) is 0 Å². The number of hydrogen-bond acceptors (Lipinski definition) is 2. The van der Waals surface area contributed by atoms with Gasteiger partial charge in [0.1, 0.15) is 5.75 Å². The summed E-state index contributed by atoms with van der Waals surface area (Å²) in [6.45, 7) is 2.16. The van der Waals surface area contributed by atoms with Crippen LogP contribution in [0.15, 0.2) is 48.5 Å². The summed E-state index contributed by atoms with van der Waals surface area (Å²) >= 11 is 0. The normalized spacial score (nSPS) is 24.2. The highest BCUT2D eigenvalue weighted by Gasteiger charge is 2.31. The molecule has 2 aliphatic rings. The highest BCUT2D eigenvalue weighted by molar-refractivity contribution is 5.66. The Morgan fingerprint density at radius 1 is 1.00 bits per heavy atom. The number of fused-ring (bicyclic) bond motifs is 1. The molecule has 1 fully saturated rings. The van der Waals surface area contributed by atoms with E-state index in [4.69, 9.17) is 4.74 Å². The summed E-state index contributed by atoms with van der Waals surface area (Å²) in [5.74, 6) is 1.05. The first-order chi connectivity index (χ1) is 10.3. The highest BCUT2D eigenvalue weighted by Crippen LogP contribution is 2.39. The molecular weight excluding hydrogens is 258 g/mol. The van der Waals surface area contributed by atoms with E-state index in [1.165, 1.54) is 29.5 Å². The van der Waals surface area contributed by atoms with Gasteiger partial charge in [-0.05, 0) is 43.0 Å². The molecule has 1 N–H and O–H groups in total. The molecule has 2 aromatic rings. The molecule has 0 spiro atoms. The Morgan fingerprint density at radius 3 is 2.57 bits per heavy atom. The minimum absolute atomic E-state index is 0.288. The van der Waals surface area contributed by atoms with E-state index in [2.05, 4.69) is 60.8 Å². The van der Waals surface area contributed by atoms with Crippen molar-refractivity contribution in [1.29, 1.82) is 0 Å². The van der Waals surface area contributed by atoms with E-state index in [1.54, 1.807) is 0 Å². The lowest BCUT2D eigenvalue weighted by Gasteiger charge is -2.31. The third-order valence-electron chi connectivity index (χ3n) is 4.40. The maximum absolute atomic E-state index is 6.01. The standard InChI is InChI=1S/C19H21NO/c1-13-11-18(20-16-8-9-16)17-12-15(7-10-19(17)21-13)14-5-3-2-4-6-14/h2-7,10,12-13,16,18,20H,8-9,11H2,1H3. The zero-order valence-corrected chi connectivity index (χ0v) is 12.4. The van der Waals surface area contributed by atoms with E-state index in [9.17, 15) is 0 Å². The van der Waals surface area contributed by atoms with E-state index >= 15 is 0 Å². The Balaban J connectivity index is 1.71. The van der Waals surface area contributed by atoms with Gasteiger partial charge in [0.25, 0.3) is 0 Å². The van der Waals surface area contributed by atoms with Crippen LogP contribution in [0, 0.1) is 0 Å². The third kappa shape index (κ3) is 2.68. The van der Waals surface area contributed by atoms with Gasteiger partial charge in [-0.25, -0.2) is 0 Å². The molecule has 1 aliphatic carbocycles. The summed E-state index contributed by atoms with van der Waals surface area (Å²) in [5.41, 5.74) is 3.86. The van der Waals surface area contributed by atoms with Gasteiger partial charge < -0.3 is 10.1 Å². The SMILES string of the molecule is CC1CC(NC2CC2)c2cc(-c3ccccc3)ccc2O1. The van der Waals surface area contributed by atoms with E-state index in [-0.39, 0.29) is 6.10 Å². The lowest BCUT2D eigenvalue weighted by Crippen LogP contribution is -2.32. The number of rotatable bonds is 3. The smallest absolute Gasteiger partial charge is 0.124 e. The summed E-state index contributed by atoms with van der Waals surface area (Å²) in [4.78, 5) is 0. The van der Waals surface area contributed by atoms with Crippen molar-refractivity contribution in [2.24, 2.45) is 0 Å². The molecule has 0 radical (unpaired) electrons. The Kier molecular flexibility index (Phi) is 3.19. The molecule has 1 saturated carbocycles. The van der Waals surface area contributed by atoms with Crippen molar-refractivity contribution >= 4 is 0 Å². The Bertz CT molecular complexity index is 633. The van der Waals surface area contributed by atoms with Gasteiger partial charge in [0.05, 0.1) is 6.10 Å². The third-order valence-corrected chi connectivity index (χ3v) is 4.40. The van der Waals surface area contributed by atoms with Gasteiger partial charge in [-0.15, -0.1) is 0 Å². The molecule has 0 saturated heterocycles. The van der Waals surface area contributed by atoms with Gasteiger partial charge in [0.15, 0.2) is 0 Å². The Hall–Kier alpha value is -1.80. The molecule has 1 aliphatic heterocycles. The highest BCUT2D eigenvalue weighted by atomic mass is 16.5. The van der Waals surface area contributed by atoms with Crippen LogP contribution in [0.25, 0.3) is 11.1 Å². The van der Waals surface area contributed by atoms with Crippen LogP contribution < -0.4 is 10.1 Å². The van der Waals surface area contributed by atoms with Gasteiger partial charge in [0, 0.05) is 24.1 Å². The summed E-state index contributed by atoms with van der Waals surface area (Å²) in [6.07, 6.45) is 3.98. The Labute approximate surface area is 126 Å². The van der Waals surface area contributed by atoms with Crippen LogP contribution in [-0.4, -0.2) is 12.1 Å². The van der Waals surface area contributed by atoms with Crippen molar-refractivity contribution in [3.63, 3.8) is 0 Å². The largest absolute Gasteiger partial charge is 0.490 e. The average Bonchev–Trinajstić information content (AvgIpc) is 3.32. The zero-order chi connectivity index (χ0) is 14.2. The van der Waals surface area contributed by atoms with E-state index in [0.717, 1.165) is 12.2 Å². The molecule has 108 valence electrons. The topological polar surface area (TPSA) is 21.3 Å². The lowest BCUT2D eigenvalue weighted by molar-refractivity contribution is 0.166. The second-order valence-electron chi connectivity index (χ2n) is 6.28. The number of hydrogen-bond donors (Lipinski definition) is 1. The molecule has 2 unspecified atom stereocenters. The summed E-state index contributed by atoms with van der Waals surface area (Å²) in [6, 6.07) is 18.3. The maximum Gasteiger partial charge on any atom is 0.124 e. The molecule has 1 heterocycles. The fourth-order valence-corrected chi connectivity index (χ4v) is 3.15. The minimum atomic E-state index is 0.288. The number of benzene rings is 2. The molecule has 21 heavy (non-hydrogen) atoms. The van der Waals surface area contributed by atoms with Crippen molar-refractivity contribution in [3.8, 4) is 16.9 Å². The monoisotopic (exact) mass is 279 g/mol. The lowest BCUT2D eigenvalue weighted by atomic mass is 9.93. The van der Waals surface area contributed by atoms with E-state index in [1.807, 2.05) is 0 Å². The number of nitrogens with one attached hydrogen (secondary N) is 1. The quantitative estimate of drug-likeness (QED) is 0.903. The van der Waals surface area contributed by atoms with Crippen LogP contribution in [0.2, 0.25) is 0 Å². The molecule has 0 amide bonds. The van der Waals surface area contributed by atoms with Crippen LogP contribution in [-0.2, 0) is 0 Å². The molecule has 0 aromatic heterocycles. The van der Waals surface area contributed by atoms with Crippen molar-refractivity contribution in [3.05, 3.63) is 54.1 Å². The first-order valence-electron chi connectivity index (χ1n) is 7.91. The van der Waals surface area contributed by atoms with Crippen LogP contribution in [0.5, 0.6) is 5.75 Å². The first-order valence-corrected chi connectivity index (χ1v) is 7.91. The number of ether oxygens (including phenoxy) is 1. The second-order valence-corrected chi connectivity index (χ2v) is 6.28. The van der Waals surface area contributed by atoms with Crippen LogP contribution in [0.3, 0.4) is 0 Å². The molecule has 4 rings (SSSR count). The molecular formula is C19H21NO. The molecule has 0 bridgehead atoms. The Morgan fingerprint density at radius 2 is 1.81 bits per heavy atom. The van der Waals surface area contributed by atoms with Crippen LogP contribution >= 0.6 is 0 Å². The van der Waals surface area contributed by atoms with Crippen molar-refractivity contribution in [1.82, 2.24) is 5.32 Å². The van der Waals surface area contributed by atoms with Gasteiger partial charge in [0.2, 0.25) is 0 Å². The van der Waals surface area contributed by atoms with Gasteiger partial charge >= 0.3 is 0 Å². The predicted molar refractivity (Wildman–Crippen MR) is 85.5 cm³/mol. The zero-order valence-electron chi connectivity index (χ0n) is 12.4.